The van der Waals surface area contributed by atoms with E-state index < -0.39 is 0 Å². The van der Waals surface area contributed by atoms with Gasteiger partial charge in [-0.3, -0.25) is 10.1 Å². The maximum absolute atomic E-state index is 12.7. The Morgan fingerprint density at radius 1 is 1.12 bits per heavy atom. The molecule has 134 valence electrons. The number of carbonyl (C=O) groups is 1. The van der Waals surface area contributed by atoms with Gasteiger partial charge in [0.1, 0.15) is 10.0 Å². The van der Waals surface area contributed by atoms with Gasteiger partial charge in [0.25, 0.3) is 5.91 Å². The van der Waals surface area contributed by atoms with Crippen molar-refractivity contribution < 1.29 is 4.79 Å². The number of benzene rings is 1. The normalized spacial score (nSPS) is 10.9. The second-order valence-electron chi connectivity index (χ2n) is 5.68. The fourth-order valence-corrected chi connectivity index (χ4v) is 4.40. The van der Waals surface area contributed by atoms with Gasteiger partial charge < -0.3 is 0 Å². The Morgan fingerprint density at radius 3 is 2.62 bits per heavy atom. The molecule has 0 saturated heterocycles. The summed E-state index contributed by atoms with van der Waals surface area (Å²) in [6.45, 7) is 4.27. The molecule has 0 aliphatic carbocycles. The molecule has 26 heavy (non-hydrogen) atoms. The second kappa shape index (κ2) is 8.91. The van der Waals surface area contributed by atoms with E-state index in [-0.39, 0.29) is 5.91 Å². The van der Waals surface area contributed by atoms with Gasteiger partial charge in [-0.1, -0.05) is 55.1 Å². The fourth-order valence-electron chi connectivity index (χ4n) is 2.50. The zero-order valence-corrected chi connectivity index (χ0v) is 16.3. The highest BCUT2D eigenvalue weighted by atomic mass is 32.2. The number of carbonyl (C=O) groups excluding carboxylic acids is 1. The Kier molecular flexibility index (Phi) is 6.35. The largest absolute Gasteiger partial charge is 0.296 e. The van der Waals surface area contributed by atoms with E-state index in [0.29, 0.717) is 21.6 Å². The second-order valence-corrected chi connectivity index (χ2v) is 7.76. The molecule has 2 aromatic heterocycles. The maximum atomic E-state index is 12.7. The minimum atomic E-state index is -0.219. The van der Waals surface area contributed by atoms with E-state index in [2.05, 4.69) is 34.3 Å². The van der Waals surface area contributed by atoms with E-state index in [1.807, 2.05) is 30.3 Å². The van der Waals surface area contributed by atoms with Crippen LogP contribution in [0.3, 0.4) is 0 Å². The van der Waals surface area contributed by atoms with Crippen molar-refractivity contribution in [2.45, 2.75) is 42.5 Å². The number of nitrogens with one attached hydrogen (secondary N) is 1. The summed E-state index contributed by atoms with van der Waals surface area (Å²) in [6.07, 6.45) is 3.72. The van der Waals surface area contributed by atoms with E-state index in [1.54, 1.807) is 18.3 Å². The average molecular weight is 385 g/mol. The summed E-state index contributed by atoms with van der Waals surface area (Å²) in [5, 5.41) is 13.4. The lowest BCUT2D eigenvalue weighted by molar-refractivity contribution is 0.102. The van der Waals surface area contributed by atoms with Crippen molar-refractivity contribution in [2.24, 2.45) is 0 Å². The SMILES string of the molecule is CCC(CC)c1nnc(NC(=O)c2cccnc2Sc2ccccc2)s1. The average Bonchev–Trinajstić information content (AvgIpc) is 3.12. The van der Waals surface area contributed by atoms with Crippen LogP contribution in [0.1, 0.15) is 48.0 Å². The molecular formula is C19H20N4OS2. The number of pyridine rings is 1. The first-order valence-electron chi connectivity index (χ1n) is 8.54. The smallest absolute Gasteiger partial charge is 0.260 e. The number of hydrogen-bond donors (Lipinski definition) is 1. The zero-order valence-electron chi connectivity index (χ0n) is 14.7. The van der Waals surface area contributed by atoms with Crippen LogP contribution in [-0.2, 0) is 0 Å². The molecule has 0 bridgehead atoms. The number of hydrogen-bond acceptors (Lipinski definition) is 6. The number of anilines is 1. The topological polar surface area (TPSA) is 67.8 Å². The third-order valence-electron chi connectivity index (χ3n) is 3.97. The molecule has 1 N–H and O–H groups in total. The van der Waals surface area contributed by atoms with Crippen molar-refractivity contribution in [1.29, 1.82) is 0 Å². The highest BCUT2D eigenvalue weighted by Crippen LogP contribution is 2.30. The standard InChI is InChI=1S/C19H20N4OS2/c1-3-13(4-2)17-22-23-19(26-17)21-16(24)15-11-8-12-20-18(15)25-14-9-6-5-7-10-14/h5-13H,3-4H2,1-2H3,(H,21,23,24). The number of amides is 1. The minimum Gasteiger partial charge on any atom is -0.296 e. The van der Waals surface area contributed by atoms with Gasteiger partial charge in [-0.15, -0.1) is 10.2 Å². The Balaban J connectivity index is 1.76. The van der Waals surface area contributed by atoms with Gasteiger partial charge in [0.15, 0.2) is 0 Å². The third kappa shape index (κ3) is 4.47. The molecule has 1 aromatic carbocycles. The van der Waals surface area contributed by atoms with Crippen molar-refractivity contribution in [1.82, 2.24) is 15.2 Å². The summed E-state index contributed by atoms with van der Waals surface area (Å²) in [7, 11) is 0. The third-order valence-corrected chi connectivity index (χ3v) is 6.00. The van der Waals surface area contributed by atoms with Crippen LogP contribution >= 0.6 is 23.1 Å². The summed E-state index contributed by atoms with van der Waals surface area (Å²) in [6, 6.07) is 13.4. The summed E-state index contributed by atoms with van der Waals surface area (Å²) in [5.41, 5.74) is 0.528. The van der Waals surface area contributed by atoms with Crippen LogP contribution < -0.4 is 5.32 Å². The molecule has 1 amide bonds. The predicted molar refractivity (Wildman–Crippen MR) is 106 cm³/mol. The Bertz CT molecular complexity index is 863. The maximum Gasteiger partial charge on any atom is 0.260 e. The van der Waals surface area contributed by atoms with Gasteiger partial charge in [0, 0.05) is 17.0 Å². The lowest BCUT2D eigenvalue weighted by Gasteiger charge is -2.07. The first-order chi connectivity index (χ1) is 12.7. The summed E-state index contributed by atoms with van der Waals surface area (Å²) in [5.74, 6) is 0.171. The molecule has 3 rings (SSSR count). The van der Waals surface area contributed by atoms with E-state index >= 15 is 0 Å². The van der Waals surface area contributed by atoms with Gasteiger partial charge in [-0.2, -0.15) is 0 Å². The lowest BCUT2D eigenvalue weighted by atomic mass is 10.1. The molecule has 2 heterocycles. The van der Waals surface area contributed by atoms with E-state index in [0.717, 1.165) is 22.7 Å². The van der Waals surface area contributed by atoms with Crippen molar-refractivity contribution in [2.75, 3.05) is 5.32 Å². The minimum absolute atomic E-state index is 0.219. The van der Waals surface area contributed by atoms with Gasteiger partial charge in [-0.25, -0.2) is 4.98 Å². The highest BCUT2D eigenvalue weighted by molar-refractivity contribution is 7.99. The monoisotopic (exact) mass is 384 g/mol. The Labute approximate surface area is 161 Å². The number of aromatic nitrogens is 3. The number of rotatable bonds is 7. The molecule has 0 radical (unpaired) electrons. The Hall–Kier alpha value is -2.25. The van der Waals surface area contributed by atoms with Crippen molar-refractivity contribution in [3.8, 4) is 0 Å². The molecule has 0 saturated carbocycles. The highest BCUT2D eigenvalue weighted by Gasteiger charge is 2.17. The molecule has 3 aromatic rings. The molecule has 7 heteroatoms. The van der Waals surface area contributed by atoms with E-state index in [4.69, 9.17) is 0 Å². The van der Waals surface area contributed by atoms with Gasteiger partial charge in [-0.05, 0) is 37.1 Å². The van der Waals surface area contributed by atoms with Crippen molar-refractivity contribution >= 4 is 34.1 Å². The number of nitrogens with zero attached hydrogens (tertiary/aromatic N) is 3. The molecule has 0 spiro atoms. The first-order valence-corrected chi connectivity index (χ1v) is 10.2. The molecular weight excluding hydrogens is 364 g/mol. The van der Waals surface area contributed by atoms with Crippen LogP contribution in [0.25, 0.3) is 0 Å². The van der Waals surface area contributed by atoms with E-state index in [1.165, 1.54) is 23.1 Å². The summed E-state index contributed by atoms with van der Waals surface area (Å²) >= 11 is 2.91. The molecule has 0 atom stereocenters. The van der Waals surface area contributed by atoms with Crippen LogP contribution in [0, 0.1) is 0 Å². The van der Waals surface area contributed by atoms with Crippen LogP contribution in [0.5, 0.6) is 0 Å². The molecule has 0 aliphatic heterocycles. The molecule has 0 fully saturated rings. The van der Waals surface area contributed by atoms with Gasteiger partial charge in [0.05, 0.1) is 5.56 Å². The van der Waals surface area contributed by atoms with Crippen molar-refractivity contribution in [3.63, 3.8) is 0 Å². The first kappa shape index (κ1) is 18.5. The van der Waals surface area contributed by atoms with Crippen LogP contribution in [0.2, 0.25) is 0 Å². The van der Waals surface area contributed by atoms with Crippen LogP contribution in [0.4, 0.5) is 5.13 Å². The fraction of sp³-hybridized carbons (Fsp3) is 0.263. The summed E-state index contributed by atoms with van der Waals surface area (Å²) < 4.78 is 0. The molecule has 0 unspecified atom stereocenters. The van der Waals surface area contributed by atoms with Gasteiger partial charge in [0.2, 0.25) is 5.13 Å². The Morgan fingerprint density at radius 2 is 1.88 bits per heavy atom. The summed E-state index contributed by atoms with van der Waals surface area (Å²) in [4.78, 5) is 18.1. The molecule has 0 aliphatic rings. The quantitative estimate of drug-likeness (QED) is 0.603. The van der Waals surface area contributed by atoms with Gasteiger partial charge >= 0.3 is 0 Å². The predicted octanol–water partition coefficient (Wildman–Crippen LogP) is 5.24. The molecule has 5 nitrogen and oxygen atoms in total. The van der Waals surface area contributed by atoms with E-state index in [9.17, 15) is 4.79 Å². The van der Waals surface area contributed by atoms with Crippen LogP contribution in [0.15, 0.2) is 58.6 Å². The zero-order chi connectivity index (χ0) is 18.4. The lowest BCUT2D eigenvalue weighted by Crippen LogP contribution is -2.13. The van der Waals surface area contributed by atoms with Crippen molar-refractivity contribution in [3.05, 3.63) is 59.2 Å². The van der Waals surface area contributed by atoms with Crippen LogP contribution in [-0.4, -0.2) is 21.1 Å².